The summed E-state index contributed by atoms with van der Waals surface area (Å²) < 4.78 is 0. The summed E-state index contributed by atoms with van der Waals surface area (Å²) in [6, 6.07) is 11.6. The number of rotatable bonds is 10. The van der Waals surface area contributed by atoms with Crippen molar-refractivity contribution in [3.8, 4) is 11.4 Å². The van der Waals surface area contributed by atoms with Gasteiger partial charge in [0.05, 0.1) is 6.54 Å². The van der Waals surface area contributed by atoms with Gasteiger partial charge in [-0.05, 0) is 56.3 Å². The number of nitrogens with two attached hydrogens (primary N) is 1. The minimum absolute atomic E-state index is 0.0300. The number of nitrogens with zero attached hydrogens (tertiary/aromatic N) is 5. The van der Waals surface area contributed by atoms with E-state index >= 15 is 0 Å². The molecular formula is C21H25N7O2. The quantitative estimate of drug-likeness (QED) is 0.462. The number of carbonyl (C=O) groups is 1. The molecule has 9 nitrogen and oxygen atoms in total. The Balaban J connectivity index is 1.66. The van der Waals surface area contributed by atoms with Gasteiger partial charge in [-0.15, -0.1) is 0 Å². The van der Waals surface area contributed by atoms with Gasteiger partial charge < -0.3 is 16.2 Å². The molecule has 0 radical (unpaired) electrons. The molecule has 0 amide bonds. The van der Waals surface area contributed by atoms with Crippen molar-refractivity contribution in [1.82, 2.24) is 24.8 Å². The third kappa shape index (κ3) is 6.29. The van der Waals surface area contributed by atoms with E-state index in [-0.39, 0.29) is 6.54 Å². The van der Waals surface area contributed by atoms with Crippen LogP contribution in [0.15, 0.2) is 48.9 Å². The van der Waals surface area contributed by atoms with Gasteiger partial charge in [0, 0.05) is 29.7 Å². The van der Waals surface area contributed by atoms with Gasteiger partial charge in [-0.1, -0.05) is 12.1 Å². The molecule has 0 aliphatic heterocycles. The van der Waals surface area contributed by atoms with Crippen LogP contribution < -0.4 is 11.1 Å². The first-order chi connectivity index (χ1) is 14.5. The summed E-state index contributed by atoms with van der Waals surface area (Å²) in [5, 5.41) is 12.0. The summed E-state index contributed by atoms with van der Waals surface area (Å²) in [6.07, 6.45) is 4.74. The van der Waals surface area contributed by atoms with Crippen LogP contribution in [0.5, 0.6) is 0 Å². The van der Waals surface area contributed by atoms with Crippen molar-refractivity contribution in [1.29, 1.82) is 0 Å². The fourth-order valence-electron chi connectivity index (χ4n) is 2.99. The van der Waals surface area contributed by atoms with Crippen molar-refractivity contribution < 1.29 is 9.90 Å². The van der Waals surface area contributed by atoms with Gasteiger partial charge in [-0.2, -0.15) is 4.98 Å². The second kappa shape index (κ2) is 10.4. The van der Waals surface area contributed by atoms with E-state index < -0.39 is 5.97 Å². The lowest BCUT2D eigenvalue weighted by Crippen LogP contribution is -2.26. The first-order valence-electron chi connectivity index (χ1n) is 9.64. The Kier molecular flexibility index (Phi) is 7.36. The van der Waals surface area contributed by atoms with E-state index in [1.54, 1.807) is 18.1 Å². The Hall–Kier alpha value is -3.43. The predicted molar refractivity (Wildman–Crippen MR) is 114 cm³/mol. The minimum atomic E-state index is -0.827. The standard InChI is InChI=1S/C21H25N7O2/c1-28(13-19(29)30)9-3-6-17-11-16(7-8-23-17)20-24-14-25-21(27-20)26-18-5-2-4-15(10-18)12-22/h2,4-5,7-8,10-11,14H,3,6,9,12-13,22H2,1H3,(H,29,30)(H,24,25,26,27). The van der Waals surface area contributed by atoms with Crippen LogP contribution in [0.4, 0.5) is 11.6 Å². The zero-order valence-electron chi connectivity index (χ0n) is 16.8. The predicted octanol–water partition coefficient (Wildman–Crippen LogP) is 2.08. The first-order valence-corrected chi connectivity index (χ1v) is 9.64. The number of hydrogen-bond donors (Lipinski definition) is 3. The highest BCUT2D eigenvalue weighted by molar-refractivity contribution is 5.69. The summed E-state index contributed by atoms with van der Waals surface area (Å²) in [6.45, 7) is 1.17. The Bertz CT molecular complexity index is 996. The molecule has 3 rings (SSSR count). The van der Waals surface area contributed by atoms with Gasteiger partial charge >= 0.3 is 5.97 Å². The van der Waals surface area contributed by atoms with Crippen LogP contribution in [0.25, 0.3) is 11.4 Å². The van der Waals surface area contributed by atoms with Crippen molar-refractivity contribution in [3.05, 3.63) is 60.2 Å². The number of hydrogen-bond acceptors (Lipinski definition) is 8. The number of carboxylic acid groups (broad SMARTS) is 1. The molecule has 156 valence electrons. The second-order valence-electron chi connectivity index (χ2n) is 6.93. The largest absolute Gasteiger partial charge is 0.480 e. The summed E-state index contributed by atoms with van der Waals surface area (Å²) in [7, 11) is 1.79. The van der Waals surface area contributed by atoms with E-state index in [1.165, 1.54) is 6.33 Å². The average molecular weight is 407 g/mol. The van der Waals surface area contributed by atoms with Gasteiger partial charge in [0.1, 0.15) is 6.33 Å². The Labute approximate surface area is 175 Å². The Morgan fingerprint density at radius 1 is 1.20 bits per heavy atom. The van der Waals surface area contributed by atoms with Crippen molar-refractivity contribution in [2.75, 3.05) is 25.5 Å². The average Bonchev–Trinajstić information content (AvgIpc) is 2.74. The number of anilines is 2. The molecule has 0 unspecified atom stereocenters. The maximum atomic E-state index is 10.7. The topological polar surface area (TPSA) is 130 Å². The summed E-state index contributed by atoms with van der Waals surface area (Å²) in [4.78, 5) is 29.9. The van der Waals surface area contributed by atoms with Crippen LogP contribution in [0.3, 0.4) is 0 Å². The molecule has 9 heteroatoms. The number of benzene rings is 1. The lowest BCUT2D eigenvalue weighted by molar-refractivity contribution is -0.137. The van der Waals surface area contributed by atoms with Crippen molar-refractivity contribution in [3.63, 3.8) is 0 Å². The fourth-order valence-corrected chi connectivity index (χ4v) is 2.99. The lowest BCUT2D eigenvalue weighted by Gasteiger charge is -2.13. The normalized spacial score (nSPS) is 10.9. The lowest BCUT2D eigenvalue weighted by atomic mass is 10.1. The molecule has 2 aromatic heterocycles. The molecule has 0 spiro atoms. The third-order valence-corrected chi connectivity index (χ3v) is 4.44. The fraction of sp³-hybridized carbons (Fsp3) is 0.286. The van der Waals surface area contributed by atoms with Crippen LogP contribution in [0.1, 0.15) is 17.7 Å². The zero-order chi connectivity index (χ0) is 21.3. The summed E-state index contributed by atoms with van der Waals surface area (Å²) >= 11 is 0. The number of likely N-dealkylation sites (N-methyl/N-ethyl adjacent to an activating group) is 1. The van der Waals surface area contributed by atoms with Gasteiger partial charge in [0.15, 0.2) is 5.82 Å². The van der Waals surface area contributed by atoms with Gasteiger partial charge in [-0.25, -0.2) is 9.97 Å². The third-order valence-electron chi connectivity index (χ3n) is 4.44. The van der Waals surface area contributed by atoms with Gasteiger partial charge in [0.25, 0.3) is 0 Å². The number of nitrogens with one attached hydrogen (secondary N) is 1. The molecule has 0 aliphatic carbocycles. The van der Waals surface area contributed by atoms with Crippen LogP contribution in [0, 0.1) is 0 Å². The second-order valence-corrected chi connectivity index (χ2v) is 6.93. The minimum Gasteiger partial charge on any atom is -0.480 e. The highest BCUT2D eigenvalue weighted by atomic mass is 16.4. The van der Waals surface area contributed by atoms with E-state index in [9.17, 15) is 4.79 Å². The molecular weight excluding hydrogens is 382 g/mol. The molecule has 0 saturated carbocycles. The maximum Gasteiger partial charge on any atom is 0.317 e. The van der Waals surface area contributed by atoms with Crippen LogP contribution >= 0.6 is 0 Å². The monoisotopic (exact) mass is 407 g/mol. The Morgan fingerprint density at radius 3 is 2.87 bits per heavy atom. The van der Waals surface area contributed by atoms with Gasteiger partial charge in [0.2, 0.25) is 5.95 Å². The molecule has 0 saturated heterocycles. The van der Waals surface area contributed by atoms with Crippen LogP contribution in [0.2, 0.25) is 0 Å². The van der Waals surface area contributed by atoms with E-state index in [4.69, 9.17) is 10.8 Å². The number of pyridine rings is 1. The maximum absolute atomic E-state index is 10.7. The number of aryl methyl sites for hydroxylation is 1. The molecule has 0 aliphatic rings. The SMILES string of the molecule is CN(CCCc1cc(-c2ncnc(Nc3cccc(CN)c3)n2)ccn1)CC(=O)O. The molecule has 4 N–H and O–H groups in total. The number of carboxylic acids is 1. The first kappa shape index (κ1) is 21.3. The van der Waals surface area contributed by atoms with Gasteiger partial charge in [-0.3, -0.25) is 14.7 Å². The van der Waals surface area contributed by atoms with E-state index in [0.717, 1.165) is 35.3 Å². The summed E-state index contributed by atoms with van der Waals surface area (Å²) in [5.41, 5.74) is 9.32. The zero-order valence-corrected chi connectivity index (χ0v) is 16.8. The van der Waals surface area contributed by atoms with Crippen LogP contribution in [-0.2, 0) is 17.8 Å². The molecule has 2 heterocycles. The highest BCUT2D eigenvalue weighted by Crippen LogP contribution is 2.19. The molecule has 0 atom stereocenters. The molecule has 30 heavy (non-hydrogen) atoms. The van der Waals surface area contributed by atoms with Crippen molar-refractivity contribution >= 4 is 17.6 Å². The van der Waals surface area contributed by atoms with E-state index in [2.05, 4.69) is 25.3 Å². The van der Waals surface area contributed by atoms with E-state index in [0.29, 0.717) is 24.9 Å². The van der Waals surface area contributed by atoms with Crippen molar-refractivity contribution in [2.45, 2.75) is 19.4 Å². The molecule has 3 aromatic rings. The smallest absolute Gasteiger partial charge is 0.317 e. The Morgan fingerprint density at radius 2 is 2.07 bits per heavy atom. The van der Waals surface area contributed by atoms with E-state index in [1.807, 2.05) is 36.4 Å². The van der Waals surface area contributed by atoms with Crippen LogP contribution in [-0.4, -0.2) is 56.0 Å². The summed E-state index contributed by atoms with van der Waals surface area (Å²) in [5.74, 6) is 0.170. The highest BCUT2D eigenvalue weighted by Gasteiger charge is 2.08. The molecule has 1 aromatic carbocycles. The molecule has 0 fully saturated rings. The molecule has 0 bridgehead atoms. The number of aliphatic carboxylic acids is 1. The number of aromatic nitrogens is 4. The van der Waals surface area contributed by atoms with Crippen molar-refractivity contribution in [2.24, 2.45) is 5.73 Å².